The van der Waals surface area contributed by atoms with Gasteiger partial charge < -0.3 is 34.6 Å². The summed E-state index contributed by atoms with van der Waals surface area (Å²) in [6.07, 6.45) is 14.7. The van der Waals surface area contributed by atoms with Gasteiger partial charge in [0.05, 0.1) is 22.4 Å². The number of amides is 4. The third-order valence-electron chi connectivity index (χ3n) is 17.1. The molecule has 16 heteroatoms. The van der Waals surface area contributed by atoms with Crippen molar-refractivity contribution in [1.29, 1.82) is 0 Å². The van der Waals surface area contributed by atoms with Gasteiger partial charge >= 0.3 is 6.09 Å². The summed E-state index contributed by atoms with van der Waals surface area (Å²) in [5.74, 6) is -0.920. The van der Waals surface area contributed by atoms with Crippen LogP contribution in [0.1, 0.15) is 135 Å². The van der Waals surface area contributed by atoms with Crippen LogP contribution < -0.4 is 24.8 Å². The Kier molecular flexibility index (Phi) is 11.9. The highest BCUT2D eigenvalue weighted by atomic mass is 32.2. The molecule has 4 amide bonds. The molecule has 3 saturated heterocycles. The number of benzene rings is 1. The molecule has 1 aromatic carbocycles. The van der Waals surface area contributed by atoms with Crippen LogP contribution in [0.15, 0.2) is 36.9 Å². The number of aromatic nitrogens is 1. The van der Waals surface area contributed by atoms with Gasteiger partial charge in [0, 0.05) is 29.8 Å². The van der Waals surface area contributed by atoms with E-state index < -0.39 is 73.6 Å². The van der Waals surface area contributed by atoms with Crippen LogP contribution in [0.5, 0.6) is 11.6 Å². The highest BCUT2D eigenvalue weighted by Gasteiger charge is 2.63. The quantitative estimate of drug-likeness (QED) is 0.243. The Morgan fingerprint density at radius 2 is 1.67 bits per heavy atom. The standard InChI is InChI=1S/C50H68N6O9S/c1-5-31-28-50(31,46(59)54-66(61,62)49(3)22-23-49)53-43(57)39-27-35-29-56(39)45(58)42(48(2)20-12-7-13-21-48)52-47(60)65-40-24-30(40)14-8-6-9-16-37-41(36-15-10-11-17-38(36)51-44(37)64-35)63-34-25-32-18-19-33(26-34)55(32)4/h5,10-11,15,17,30-35,39-40,42H,1,6-9,12-14,16,18-29H2,2-4H3,(H,52,60)(H,53,57)(H,54,59)/t30-,31+,32?,33?,34?,35-,39+,40-,42-,50-/m1/s1. The minimum absolute atomic E-state index is 0.00417. The Hall–Kier alpha value is -4.44. The molecular weight excluding hydrogens is 861 g/mol. The van der Waals surface area contributed by atoms with E-state index in [0.717, 1.165) is 86.4 Å². The van der Waals surface area contributed by atoms with Crippen LogP contribution in [0, 0.1) is 17.3 Å². The van der Waals surface area contributed by atoms with E-state index in [2.05, 4.69) is 39.9 Å². The molecule has 7 fully saturated rings. The molecule has 4 aliphatic heterocycles. The number of rotatable bonds is 9. The van der Waals surface area contributed by atoms with Gasteiger partial charge in [-0.1, -0.05) is 57.2 Å². The first-order valence-corrected chi connectivity index (χ1v) is 26.3. The number of carbonyl (C=O) groups is 4. The number of ether oxygens (including phenoxy) is 3. The molecule has 4 aliphatic carbocycles. The van der Waals surface area contributed by atoms with Crippen LogP contribution in [0.3, 0.4) is 0 Å². The average molecular weight is 929 g/mol. The fraction of sp³-hybridized carbons (Fsp3) is 0.700. The lowest BCUT2D eigenvalue weighted by molar-refractivity contribution is -0.143. The first kappa shape index (κ1) is 45.3. The molecule has 0 spiro atoms. The zero-order chi connectivity index (χ0) is 46.2. The fourth-order valence-electron chi connectivity index (χ4n) is 12.1. The van der Waals surface area contributed by atoms with E-state index in [4.69, 9.17) is 19.2 Å². The van der Waals surface area contributed by atoms with Crippen LogP contribution in [-0.4, -0.2) is 113 Å². The number of piperidine rings is 1. The van der Waals surface area contributed by atoms with Crippen molar-refractivity contribution in [2.45, 2.75) is 189 Å². The van der Waals surface area contributed by atoms with Crippen molar-refractivity contribution in [3.8, 4) is 11.6 Å². The van der Waals surface area contributed by atoms with E-state index in [1.54, 1.807) is 13.0 Å². The summed E-state index contributed by atoms with van der Waals surface area (Å²) in [7, 11) is -1.79. The zero-order valence-corrected chi connectivity index (χ0v) is 39.7. The highest BCUT2D eigenvalue weighted by Crippen LogP contribution is 2.48. The number of carbonyl (C=O) groups excluding carboxylic acids is 4. The Morgan fingerprint density at radius 1 is 0.939 bits per heavy atom. The summed E-state index contributed by atoms with van der Waals surface area (Å²) >= 11 is 0. The molecule has 9 atom stereocenters. The molecule has 8 aliphatic rings. The Balaban J connectivity index is 1.01. The Bertz CT molecular complexity index is 2370. The average Bonchev–Trinajstić information content (AvgIpc) is 4.25. The molecule has 4 bridgehead atoms. The molecule has 5 heterocycles. The number of sulfonamides is 1. The van der Waals surface area contributed by atoms with Crippen molar-refractivity contribution in [3.05, 3.63) is 42.5 Å². The number of hydrogen-bond acceptors (Lipinski definition) is 11. The number of pyridine rings is 1. The topological polar surface area (TPSA) is 186 Å². The summed E-state index contributed by atoms with van der Waals surface area (Å²) in [6.45, 7) is 7.51. The summed E-state index contributed by atoms with van der Waals surface area (Å²) in [4.78, 5) is 67.2. The van der Waals surface area contributed by atoms with Crippen molar-refractivity contribution < 1.29 is 41.8 Å². The van der Waals surface area contributed by atoms with Crippen LogP contribution in [0.25, 0.3) is 10.9 Å². The Morgan fingerprint density at radius 3 is 2.38 bits per heavy atom. The van der Waals surface area contributed by atoms with Crippen molar-refractivity contribution in [3.63, 3.8) is 0 Å². The lowest BCUT2D eigenvalue weighted by Gasteiger charge is -2.42. The number of alkyl carbamates (subject to hydrolysis) is 1. The predicted octanol–water partition coefficient (Wildman–Crippen LogP) is 6.22. The van der Waals surface area contributed by atoms with E-state index >= 15 is 4.79 Å². The van der Waals surface area contributed by atoms with Crippen LogP contribution in [0.2, 0.25) is 0 Å². The van der Waals surface area contributed by atoms with E-state index in [1.807, 2.05) is 25.1 Å². The number of para-hydroxylation sites is 1. The van der Waals surface area contributed by atoms with E-state index in [9.17, 15) is 22.8 Å². The van der Waals surface area contributed by atoms with Gasteiger partial charge in [-0.15, -0.1) is 6.58 Å². The number of fused-ring (bicyclic) bond motifs is 7. The minimum Gasteiger partial charge on any atom is -0.489 e. The molecule has 0 radical (unpaired) electrons. The van der Waals surface area contributed by atoms with Gasteiger partial charge in [-0.25, -0.2) is 18.2 Å². The molecular formula is C50H68N6O9S. The van der Waals surface area contributed by atoms with Gasteiger partial charge in [-0.05, 0) is 121 Å². The van der Waals surface area contributed by atoms with Crippen molar-refractivity contribution >= 4 is 44.7 Å². The van der Waals surface area contributed by atoms with Crippen molar-refractivity contribution in [2.75, 3.05) is 13.6 Å². The van der Waals surface area contributed by atoms with Gasteiger partial charge in [-0.2, -0.15) is 0 Å². The molecule has 2 aromatic rings. The van der Waals surface area contributed by atoms with Crippen LogP contribution in [0.4, 0.5) is 4.79 Å². The molecule has 358 valence electrons. The normalized spacial score (nSPS) is 35.1. The van der Waals surface area contributed by atoms with Gasteiger partial charge in [0.2, 0.25) is 27.7 Å². The summed E-state index contributed by atoms with van der Waals surface area (Å²) < 4.78 is 47.9. The van der Waals surface area contributed by atoms with E-state index in [1.165, 1.54) is 17.7 Å². The van der Waals surface area contributed by atoms with Crippen molar-refractivity contribution in [1.82, 2.24) is 30.1 Å². The van der Waals surface area contributed by atoms with Gasteiger partial charge in [0.1, 0.15) is 41.7 Å². The molecule has 3 N–H and O–H groups in total. The van der Waals surface area contributed by atoms with Crippen LogP contribution in [-0.2, 0) is 35.6 Å². The largest absolute Gasteiger partial charge is 0.489 e. The molecule has 2 unspecified atom stereocenters. The SMILES string of the molecule is C=C[C@H]1C[C@]1(NC(=O)[C@@H]1C[C@@H]2CN1C(=O)[C@H](C1(C)CCCCC1)NC(=O)O[C@@H]1C[C@H]1CCCCCc1c(nc3ccccc3c1OC1CC3CCC(C1)N3C)O2)C(=O)NS(=O)(=O)C1(C)CC1. The second kappa shape index (κ2) is 17.3. The summed E-state index contributed by atoms with van der Waals surface area (Å²) in [6, 6.07) is 6.80. The third-order valence-corrected chi connectivity index (χ3v) is 19.2. The highest BCUT2D eigenvalue weighted by molar-refractivity contribution is 7.91. The number of hydrogen-bond donors (Lipinski definition) is 3. The van der Waals surface area contributed by atoms with Crippen molar-refractivity contribution in [2.24, 2.45) is 17.3 Å². The minimum atomic E-state index is -4.01. The lowest BCUT2D eigenvalue weighted by Crippen LogP contribution is -2.61. The maximum absolute atomic E-state index is 15.4. The number of nitrogens with zero attached hydrogens (tertiary/aromatic N) is 3. The zero-order valence-electron chi connectivity index (χ0n) is 38.9. The first-order chi connectivity index (χ1) is 31.6. The molecule has 15 nitrogen and oxygen atoms in total. The van der Waals surface area contributed by atoms with Gasteiger partial charge in [0.15, 0.2) is 0 Å². The maximum atomic E-state index is 15.4. The molecule has 10 rings (SSSR count). The van der Waals surface area contributed by atoms with Gasteiger partial charge in [-0.3, -0.25) is 19.1 Å². The summed E-state index contributed by atoms with van der Waals surface area (Å²) in [5.41, 5.74) is -0.581. The molecule has 66 heavy (non-hydrogen) atoms. The monoisotopic (exact) mass is 928 g/mol. The maximum Gasteiger partial charge on any atom is 0.408 e. The lowest BCUT2D eigenvalue weighted by atomic mass is 9.70. The Labute approximate surface area is 388 Å². The number of nitrogens with one attached hydrogen (secondary N) is 3. The molecule has 1 aromatic heterocycles. The van der Waals surface area contributed by atoms with Crippen LogP contribution >= 0.6 is 0 Å². The second-order valence-electron chi connectivity index (χ2n) is 21.7. The second-order valence-corrected chi connectivity index (χ2v) is 23.9. The molecule has 4 saturated carbocycles. The predicted molar refractivity (Wildman–Crippen MR) is 247 cm³/mol. The smallest absolute Gasteiger partial charge is 0.408 e. The summed E-state index contributed by atoms with van der Waals surface area (Å²) in [5, 5.41) is 6.88. The van der Waals surface area contributed by atoms with Gasteiger partial charge in [0.25, 0.3) is 5.91 Å². The van der Waals surface area contributed by atoms with E-state index in [0.29, 0.717) is 50.1 Å². The van der Waals surface area contributed by atoms with E-state index in [-0.39, 0.29) is 37.5 Å². The fourth-order valence-corrected chi connectivity index (χ4v) is 13.4. The first-order valence-electron chi connectivity index (χ1n) is 24.9. The third kappa shape index (κ3) is 8.55.